The van der Waals surface area contributed by atoms with Crippen molar-refractivity contribution in [3.8, 4) is 11.5 Å². The van der Waals surface area contributed by atoms with Gasteiger partial charge in [-0.05, 0) is 37.5 Å². The minimum atomic E-state index is -0.865. The van der Waals surface area contributed by atoms with Gasteiger partial charge in [-0.2, -0.15) is 0 Å². The SMILES string of the molecule is CCOC1CC(N)(C(=O)NCCCc2ccc(OC)c(OC)c2)C1(C)C.Cl. The predicted molar refractivity (Wildman–Crippen MR) is 109 cm³/mol. The van der Waals surface area contributed by atoms with Gasteiger partial charge < -0.3 is 25.3 Å². The number of methoxy groups -OCH3 is 2. The highest BCUT2D eigenvalue weighted by molar-refractivity contribution is 5.88. The van der Waals surface area contributed by atoms with Crippen molar-refractivity contribution in [2.24, 2.45) is 11.1 Å². The van der Waals surface area contributed by atoms with Crippen LogP contribution in [-0.2, 0) is 16.0 Å². The molecule has 1 aliphatic rings. The quantitative estimate of drug-likeness (QED) is 0.623. The van der Waals surface area contributed by atoms with E-state index in [1.807, 2.05) is 39.0 Å². The average Bonchev–Trinajstić information content (AvgIpc) is 2.64. The molecule has 0 aromatic heterocycles. The Kier molecular flexibility index (Phi) is 8.39. The zero-order chi connectivity index (χ0) is 19.4. The van der Waals surface area contributed by atoms with E-state index in [4.69, 9.17) is 19.9 Å². The van der Waals surface area contributed by atoms with Gasteiger partial charge in [-0.15, -0.1) is 12.4 Å². The summed E-state index contributed by atoms with van der Waals surface area (Å²) in [7, 11) is 3.24. The van der Waals surface area contributed by atoms with E-state index in [0.29, 0.717) is 31.1 Å². The van der Waals surface area contributed by atoms with Crippen LogP contribution in [0.15, 0.2) is 18.2 Å². The summed E-state index contributed by atoms with van der Waals surface area (Å²) in [6.45, 7) is 7.18. The summed E-state index contributed by atoms with van der Waals surface area (Å²) in [5, 5.41) is 2.99. The fourth-order valence-electron chi connectivity index (χ4n) is 3.51. The van der Waals surface area contributed by atoms with E-state index in [1.54, 1.807) is 14.2 Å². The molecule has 2 rings (SSSR count). The average molecular weight is 401 g/mol. The molecule has 6 nitrogen and oxygen atoms in total. The van der Waals surface area contributed by atoms with E-state index in [2.05, 4.69) is 5.32 Å². The third-order valence-electron chi connectivity index (χ3n) is 5.61. The van der Waals surface area contributed by atoms with Crippen LogP contribution < -0.4 is 20.5 Å². The first-order chi connectivity index (χ1) is 12.3. The molecule has 1 fully saturated rings. The number of hydrogen-bond donors (Lipinski definition) is 2. The third kappa shape index (κ3) is 4.68. The summed E-state index contributed by atoms with van der Waals surface area (Å²) in [6.07, 6.45) is 2.26. The number of hydrogen-bond acceptors (Lipinski definition) is 5. The molecule has 0 radical (unpaired) electrons. The maximum Gasteiger partial charge on any atom is 0.240 e. The van der Waals surface area contributed by atoms with Gasteiger partial charge in [-0.3, -0.25) is 4.79 Å². The number of ether oxygens (including phenoxy) is 3. The highest BCUT2D eigenvalue weighted by Gasteiger charge is 2.62. The van der Waals surface area contributed by atoms with Crippen LogP contribution in [0.4, 0.5) is 0 Å². The summed E-state index contributed by atoms with van der Waals surface area (Å²) < 4.78 is 16.2. The highest BCUT2D eigenvalue weighted by atomic mass is 35.5. The largest absolute Gasteiger partial charge is 0.493 e. The van der Waals surface area contributed by atoms with Crippen molar-refractivity contribution in [2.75, 3.05) is 27.4 Å². The van der Waals surface area contributed by atoms with Crippen molar-refractivity contribution < 1.29 is 19.0 Å². The van der Waals surface area contributed by atoms with Crippen molar-refractivity contribution in [3.63, 3.8) is 0 Å². The van der Waals surface area contributed by atoms with Crippen molar-refractivity contribution in [1.82, 2.24) is 5.32 Å². The lowest BCUT2D eigenvalue weighted by Gasteiger charge is -2.57. The molecule has 154 valence electrons. The first-order valence-corrected chi connectivity index (χ1v) is 9.19. The first-order valence-electron chi connectivity index (χ1n) is 9.19. The van der Waals surface area contributed by atoms with Crippen LogP contribution in [0.25, 0.3) is 0 Å². The first kappa shape index (κ1) is 23.5. The van der Waals surface area contributed by atoms with Gasteiger partial charge in [0.25, 0.3) is 0 Å². The number of amides is 1. The Bertz CT molecular complexity index is 638. The van der Waals surface area contributed by atoms with Gasteiger partial charge in [-0.1, -0.05) is 19.9 Å². The number of nitrogens with one attached hydrogen (secondary N) is 1. The van der Waals surface area contributed by atoms with Crippen LogP contribution in [0.3, 0.4) is 0 Å². The van der Waals surface area contributed by atoms with Gasteiger partial charge in [-0.25, -0.2) is 0 Å². The molecule has 1 saturated carbocycles. The number of carbonyl (C=O) groups excluding carboxylic acids is 1. The lowest BCUT2D eigenvalue weighted by Crippen LogP contribution is -2.75. The molecule has 7 heteroatoms. The number of rotatable bonds is 9. The predicted octanol–water partition coefficient (Wildman–Crippen LogP) is 2.71. The Morgan fingerprint density at radius 3 is 2.48 bits per heavy atom. The molecule has 3 N–H and O–H groups in total. The van der Waals surface area contributed by atoms with Crippen molar-refractivity contribution in [1.29, 1.82) is 0 Å². The van der Waals surface area contributed by atoms with E-state index in [1.165, 1.54) is 0 Å². The lowest BCUT2D eigenvalue weighted by atomic mass is 9.54. The van der Waals surface area contributed by atoms with Crippen molar-refractivity contribution >= 4 is 18.3 Å². The fourth-order valence-corrected chi connectivity index (χ4v) is 3.51. The van der Waals surface area contributed by atoms with Crippen LogP contribution in [0.5, 0.6) is 11.5 Å². The molecule has 0 spiro atoms. The molecule has 1 amide bonds. The van der Waals surface area contributed by atoms with Crippen LogP contribution in [0.1, 0.15) is 39.2 Å². The maximum absolute atomic E-state index is 12.6. The highest BCUT2D eigenvalue weighted by Crippen LogP contribution is 2.49. The molecular weight excluding hydrogens is 368 g/mol. The Balaban J connectivity index is 0.00000364. The normalized spacial score (nSPS) is 23.0. The minimum absolute atomic E-state index is 0. The van der Waals surface area contributed by atoms with E-state index < -0.39 is 5.54 Å². The second-order valence-electron chi connectivity index (χ2n) is 7.39. The van der Waals surface area contributed by atoms with Crippen molar-refractivity contribution in [2.45, 2.75) is 51.7 Å². The second-order valence-corrected chi connectivity index (χ2v) is 7.39. The van der Waals surface area contributed by atoms with Crippen LogP contribution >= 0.6 is 12.4 Å². The number of benzene rings is 1. The summed E-state index contributed by atoms with van der Waals surface area (Å²) >= 11 is 0. The third-order valence-corrected chi connectivity index (χ3v) is 5.61. The van der Waals surface area contributed by atoms with Gasteiger partial charge in [0.05, 0.1) is 20.3 Å². The van der Waals surface area contributed by atoms with E-state index in [9.17, 15) is 4.79 Å². The van der Waals surface area contributed by atoms with Crippen molar-refractivity contribution in [3.05, 3.63) is 23.8 Å². The van der Waals surface area contributed by atoms with Gasteiger partial charge in [0.15, 0.2) is 11.5 Å². The van der Waals surface area contributed by atoms with Gasteiger partial charge in [0.1, 0.15) is 5.54 Å². The molecule has 0 aliphatic heterocycles. The minimum Gasteiger partial charge on any atom is -0.493 e. The molecule has 1 aromatic rings. The van der Waals surface area contributed by atoms with Gasteiger partial charge in [0, 0.05) is 25.0 Å². The molecule has 27 heavy (non-hydrogen) atoms. The van der Waals surface area contributed by atoms with Crippen LogP contribution in [0.2, 0.25) is 0 Å². The number of carbonyl (C=O) groups is 1. The number of halogens is 1. The molecule has 0 heterocycles. The standard InChI is InChI=1S/C20H32N2O4.ClH/c1-6-26-17-13-20(21,19(17,2)3)18(23)22-11-7-8-14-9-10-15(24-4)16(12-14)25-5;/h9-10,12,17H,6-8,11,13,21H2,1-5H3,(H,22,23);1H. The van der Waals surface area contributed by atoms with E-state index >= 15 is 0 Å². The zero-order valence-corrected chi connectivity index (χ0v) is 17.8. The molecule has 0 bridgehead atoms. The summed E-state index contributed by atoms with van der Waals surface area (Å²) in [4.78, 5) is 12.6. The molecular formula is C20H33ClN2O4. The van der Waals surface area contributed by atoms with Crippen LogP contribution in [-0.4, -0.2) is 44.9 Å². The monoisotopic (exact) mass is 400 g/mol. The van der Waals surface area contributed by atoms with E-state index in [0.717, 1.165) is 18.4 Å². The second kappa shape index (κ2) is 9.62. The fraction of sp³-hybridized carbons (Fsp3) is 0.650. The zero-order valence-electron chi connectivity index (χ0n) is 17.0. The topological polar surface area (TPSA) is 82.8 Å². The Morgan fingerprint density at radius 2 is 1.93 bits per heavy atom. The Morgan fingerprint density at radius 1 is 1.26 bits per heavy atom. The molecule has 2 unspecified atom stereocenters. The number of aryl methyl sites for hydroxylation is 1. The molecule has 1 aromatic carbocycles. The van der Waals surface area contributed by atoms with Gasteiger partial charge in [0.2, 0.25) is 5.91 Å². The van der Waals surface area contributed by atoms with Crippen LogP contribution in [0, 0.1) is 5.41 Å². The van der Waals surface area contributed by atoms with Gasteiger partial charge >= 0.3 is 0 Å². The Labute approximate surface area is 168 Å². The van der Waals surface area contributed by atoms with E-state index in [-0.39, 0.29) is 29.8 Å². The summed E-state index contributed by atoms with van der Waals surface area (Å²) in [5.41, 5.74) is 6.29. The summed E-state index contributed by atoms with van der Waals surface area (Å²) in [6, 6.07) is 5.87. The summed E-state index contributed by atoms with van der Waals surface area (Å²) in [5.74, 6) is 1.34. The molecule has 2 atom stereocenters. The Hall–Kier alpha value is -1.50. The molecule has 1 aliphatic carbocycles. The molecule has 0 saturated heterocycles. The maximum atomic E-state index is 12.6. The smallest absolute Gasteiger partial charge is 0.240 e. The lowest BCUT2D eigenvalue weighted by molar-refractivity contribution is -0.170. The number of nitrogens with two attached hydrogens (primary N) is 1.